The number of pyridine rings is 1. The van der Waals surface area contributed by atoms with E-state index in [1.165, 1.54) is 11.8 Å². The molecule has 0 aliphatic rings. The van der Waals surface area contributed by atoms with Crippen LogP contribution in [0.5, 0.6) is 0 Å². The fourth-order valence-electron chi connectivity index (χ4n) is 1.44. The molecule has 0 amide bonds. The summed E-state index contributed by atoms with van der Waals surface area (Å²) < 4.78 is 0.640. The molecular formula is C12H11N3S2. The Hall–Kier alpha value is -1.46. The summed E-state index contributed by atoms with van der Waals surface area (Å²) in [6.45, 7) is 0. The molecule has 1 heterocycles. The Labute approximate surface area is 109 Å². The molecule has 17 heavy (non-hydrogen) atoms. The zero-order chi connectivity index (χ0) is 12.1. The monoisotopic (exact) mass is 261 g/mol. The average molecular weight is 261 g/mol. The molecule has 0 aliphatic heterocycles. The van der Waals surface area contributed by atoms with Crippen LogP contribution in [-0.4, -0.2) is 21.8 Å². The lowest BCUT2D eigenvalue weighted by molar-refractivity contribution is 1.07. The summed E-state index contributed by atoms with van der Waals surface area (Å²) in [4.78, 5) is 4.29. The number of nitrogens with one attached hydrogen (secondary N) is 1. The van der Waals surface area contributed by atoms with Crippen molar-refractivity contribution in [2.45, 2.75) is 0 Å². The maximum absolute atomic E-state index is 4.98. The largest absolute Gasteiger partial charge is 0.262 e. The van der Waals surface area contributed by atoms with Gasteiger partial charge < -0.3 is 0 Å². The minimum absolute atomic E-state index is 0.640. The highest BCUT2D eigenvalue weighted by Gasteiger charge is 1.98. The van der Waals surface area contributed by atoms with Gasteiger partial charge >= 0.3 is 0 Å². The number of hydrogen-bond donors (Lipinski definition) is 1. The molecule has 0 saturated heterocycles. The summed E-state index contributed by atoms with van der Waals surface area (Å²) in [5, 5.41) is 6.29. The van der Waals surface area contributed by atoms with Gasteiger partial charge in [-0.2, -0.15) is 5.10 Å². The molecule has 0 radical (unpaired) electrons. The first-order chi connectivity index (χ1) is 8.31. The highest BCUT2D eigenvalue weighted by atomic mass is 32.2. The van der Waals surface area contributed by atoms with E-state index in [1.54, 1.807) is 12.4 Å². The predicted molar refractivity (Wildman–Crippen MR) is 78.6 cm³/mol. The Balaban J connectivity index is 2.27. The number of rotatable bonds is 2. The molecule has 0 saturated carbocycles. The molecule has 0 unspecified atom stereocenters. The zero-order valence-corrected chi connectivity index (χ0v) is 10.9. The van der Waals surface area contributed by atoms with Crippen molar-refractivity contribution < 1.29 is 0 Å². The van der Waals surface area contributed by atoms with Crippen LogP contribution in [0.25, 0.3) is 10.8 Å². The van der Waals surface area contributed by atoms with Crippen LogP contribution < -0.4 is 5.43 Å². The lowest BCUT2D eigenvalue weighted by Crippen LogP contribution is -2.10. The van der Waals surface area contributed by atoms with E-state index in [4.69, 9.17) is 12.2 Å². The normalized spacial score (nSPS) is 10.9. The SMILES string of the molecule is CSC(=S)N/N=C\c1nccc2ccccc12. The van der Waals surface area contributed by atoms with Crippen LogP contribution in [0, 0.1) is 0 Å². The van der Waals surface area contributed by atoms with Gasteiger partial charge in [-0.05, 0) is 17.7 Å². The van der Waals surface area contributed by atoms with E-state index in [2.05, 4.69) is 15.5 Å². The van der Waals surface area contributed by atoms with Crippen LogP contribution in [0.4, 0.5) is 0 Å². The number of thiocarbonyl (C=S) groups is 1. The molecule has 2 rings (SSSR count). The van der Waals surface area contributed by atoms with E-state index in [1.807, 2.05) is 36.6 Å². The maximum Gasteiger partial charge on any atom is 0.153 e. The van der Waals surface area contributed by atoms with Gasteiger partial charge in [-0.1, -0.05) is 48.2 Å². The molecule has 2 aromatic rings. The summed E-state index contributed by atoms with van der Waals surface area (Å²) in [5.74, 6) is 0. The standard InChI is InChI=1S/C12H11N3S2/c1-17-12(16)15-14-8-11-10-5-3-2-4-9(10)6-7-13-11/h2-8H,1H3,(H,15,16)/b14-8-. The van der Waals surface area contributed by atoms with Gasteiger partial charge in [0, 0.05) is 11.6 Å². The first kappa shape index (κ1) is 12.0. The van der Waals surface area contributed by atoms with Gasteiger partial charge in [-0.15, -0.1) is 0 Å². The summed E-state index contributed by atoms with van der Waals surface area (Å²) >= 11 is 6.43. The molecule has 0 atom stereocenters. The summed E-state index contributed by atoms with van der Waals surface area (Å²) in [6, 6.07) is 10.0. The van der Waals surface area contributed by atoms with Crippen molar-refractivity contribution in [1.29, 1.82) is 0 Å². The third-order valence-electron chi connectivity index (χ3n) is 2.23. The molecule has 1 aromatic carbocycles. The van der Waals surface area contributed by atoms with E-state index >= 15 is 0 Å². The molecule has 3 nitrogen and oxygen atoms in total. The molecule has 0 spiro atoms. The number of benzene rings is 1. The van der Waals surface area contributed by atoms with Gasteiger partial charge in [0.25, 0.3) is 0 Å². The quantitative estimate of drug-likeness (QED) is 0.512. The van der Waals surface area contributed by atoms with Gasteiger partial charge in [0.2, 0.25) is 0 Å². The fraction of sp³-hybridized carbons (Fsp3) is 0.0833. The molecular weight excluding hydrogens is 250 g/mol. The van der Waals surface area contributed by atoms with Crippen LogP contribution in [0.3, 0.4) is 0 Å². The minimum atomic E-state index is 0.640. The molecule has 1 aromatic heterocycles. The van der Waals surface area contributed by atoms with Crippen molar-refractivity contribution in [3.63, 3.8) is 0 Å². The summed E-state index contributed by atoms with van der Waals surface area (Å²) in [7, 11) is 0. The second kappa shape index (κ2) is 5.75. The van der Waals surface area contributed by atoms with Crippen LogP contribution in [-0.2, 0) is 0 Å². The van der Waals surface area contributed by atoms with Crippen LogP contribution in [0.15, 0.2) is 41.6 Å². The van der Waals surface area contributed by atoms with E-state index in [9.17, 15) is 0 Å². The van der Waals surface area contributed by atoms with Crippen molar-refractivity contribution in [1.82, 2.24) is 10.4 Å². The smallest absolute Gasteiger partial charge is 0.153 e. The van der Waals surface area contributed by atoms with Gasteiger partial charge in [-0.3, -0.25) is 10.4 Å². The number of hydrazone groups is 1. The van der Waals surface area contributed by atoms with Crippen molar-refractivity contribution in [2.75, 3.05) is 6.26 Å². The van der Waals surface area contributed by atoms with Crippen LogP contribution >= 0.6 is 24.0 Å². The molecule has 0 aliphatic carbocycles. The van der Waals surface area contributed by atoms with E-state index < -0.39 is 0 Å². The number of nitrogens with zero attached hydrogens (tertiary/aromatic N) is 2. The van der Waals surface area contributed by atoms with Crippen molar-refractivity contribution >= 4 is 45.3 Å². The Morgan fingerprint density at radius 1 is 1.41 bits per heavy atom. The Morgan fingerprint density at radius 3 is 3.06 bits per heavy atom. The molecule has 0 bridgehead atoms. The van der Waals surface area contributed by atoms with Gasteiger partial charge in [-0.25, -0.2) is 0 Å². The Kier molecular flexibility index (Phi) is 4.06. The third-order valence-corrected chi connectivity index (χ3v) is 3.29. The topological polar surface area (TPSA) is 37.3 Å². The zero-order valence-electron chi connectivity index (χ0n) is 9.25. The van der Waals surface area contributed by atoms with Gasteiger partial charge in [0.1, 0.15) is 0 Å². The number of fused-ring (bicyclic) bond motifs is 1. The van der Waals surface area contributed by atoms with Gasteiger partial charge in [0.15, 0.2) is 4.32 Å². The fourth-order valence-corrected chi connectivity index (χ4v) is 1.63. The molecule has 1 N–H and O–H groups in total. The first-order valence-electron chi connectivity index (χ1n) is 5.02. The van der Waals surface area contributed by atoms with Crippen molar-refractivity contribution in [3.8, 4) is 0 Å². The lowest BCUT2D eigenvalue weighted by atomic mass is 10.1. The summed E-state index contributed by atoms with van der Waals surface area (Å²) in [5.41, 5.74) is 3.60. The first-order valence-corrected chi connectivity index (χ1v) is 6.65. The van der Waals surface area contributed by atoms with E-state index in [0.717, 1.165) is 16.5 Å². The Morgan fingerprint density at radius 2 is 2.24 bits per heavy atom. The third kappa shape index (κ3) is 3.01. The van der Waals surface area contributed by atoms with Gasteiger partial charge in [0.05, 0.1) is 11.9 Å². The highest BCUT2D eigenvalue weighted by Crippen LogP contribution is 2.14. The average Bonchev–Trinajstić information content (AvgIpc) is 2.39. The van der Waals surface area contributed by atoms with E-state index in [-0.39, 0.29) is 0 Å². The van der Waals surface area contributed by atoms with E-state index in [0.29, 0.717) is 4.32 Å². The van der Waals surface area contributed by atoms with Crippen LogP contribution in [0.1, 0.15) is 5.69 Å². The molecule has 5 heteroatoms. The lowest BCUT2D eigenvalue weighted by Gasteiger charge is -2.00. The summed E-state index contributed by atoms with van der Waals surface area (Å²) in [6.07, 6.45) is 5.36. The minimum Gasteiger partial charge on any atom is -0.262 e. The predicted octanol–water partition coefficient (Wildman–Crippen LogP) is 2.81. The number of aromatic nitrogens is 1. The van der Waals surface area contributed by atoms with Crippen LogP contribution in [0.2, 0.25) is 0 Å². The number of hydrogen-bond acceptors (Lipinski definition) is 4. The van der Waals surface area contributed by atoms with Crippen molar-refractivity contribution in [3.05, 3.63) is 42.2 Å². The molecule has 0 fully saturated rings. The second-order valence-corrected chi connectivity index (χ2v) is 4.76. The maximum atomic E-state index is 4.98. The van der Waals surface area contributed by atoms with Crippen molar-refractivity contribution in [2.24, 2.45) is 5.10 Å². The Bertz CT molecular complexity index is 561. The number of thioether (sulfide) groups is 1. The second-order valence-electron chi connectivity index (χ2n) is 3.28. The highest BCUT2D eigenvalue weighted by molar-refractivity contribution is 8.22. The molecule has 86 valence electrons.